The van der Waals surface area contributed by atoms with Crippen molar-refractivity contribution in [1.29, 1.82) is 0 Å². The van der Waals surface area contributed by atoms with Gasteiger partial charge in [-0.15, -0.1) is 0 Å². The van der Waals surface area contributed by atoms with Gasteiger partial charge in [0, 0.05) is 6.04 Å². The minimum Gasteiger partial charge on any atom is -0.410 e. The molecule has 1 unspecified atom stereocenters. The van der Waals surface area contributed by atoms with E-state index in [-0.39, 0.29) is 0 Å². The highest BCUT2D eigenvalue weighted by Gasteiger charge is 2.11. The lowest BCUT2D eigenvalue weighted by Gasteiger charge is -2.20. The summed E-state index contributed by atoms with van der Waals surface area (Å²) in [6, 6.07) is 6.46. The molecule has 0 bridgehead atoms. The van der Waals surface area contributed by atoms with Gasteiger partial charge in [-0.05, 0) is 57.5 Å². The van der Waals surface area contributed by atoms with Gasteiger partial charge < -0.3 is 15.4 Å². The molecule has 0 heterocycles. The average molecular weight is 278 g/mol. The standard InChI is InChI=1S/C16H26N2O2/c1-5-6-7-14-11-13(10-12(2)18(3)4)8-9-15(14)20-16(17)19/h8-9,11-12H,5-7,10H2,1-4H3,(H2,17,19). The second-order valence-corrected chi connectivity index (χ2v) is 5.48. The largest absolute Gasteiger partial charge is 0.410 e. The van der Waals surface area contributed by atoms with Crippen molar-refractivity contribution in [2.24, 2.45) is 5.73 Å². The fourth-order valence-corrected chi connectivity index (χ4v) is 2.05. The summed E-state index contributed by atoms with van der Waals surface area (Å²) in [6.07, 6.45) is 3.31. The van der Waals surface area contributed by atoms with E-state index in [1.807, 2.05) is 12.1 Å². The Morgan fingerprint density at radius 3 is 2.65 bits per heavy atom. The highest BCUT2D eigenvalue weighted by atomic mass is 16.5. The average Bonchev–Trinajstić information content (AvgIpc) is 2.38. The van der Waals surface area contributed by atoms with E-state index in [0.29, 0.717) is 11.8 Å². The van der Waals surface area contributed by atoms with Crippen LogP contribution in [0.3, 0.4) is 0 Å². The van der Waals surface area contributed by atoms with Crippen molar-refractivity contribution in [2.45, 2.75) is 45.6 Å². The first-order valence-corrected chi connectivity index (χ1v) is 7.19. The van der Waals surface area contributed by atoms with Crippen molar-refractivity contribution in [3.63, 3.8) is 0 Å². The predicted octanol–water partition coefficient (Wildman–Crippen LogP) is 2.98. The quantitative estimate of drug-likeness (QED) is 0.834. The molecule has 0 aliphatic heterocycles. The summed E-state index contributed by atoms with van der Waals surface area (Å²) >= 11 is 0. The van der Waals surface area contributed by atoms with E-state index in [9.17, 15) is 4.79 Å². The Hall–Kier alpha value is -1.55. The maximum atomic E-state index is 10.9. The van der Waals surface area contributed by atoms with E-state index in [1.54, 1.807) is 0 Å². The molecule has 0 aromatic heterocycles. The van der Waals surface area contributed by atoms with E-state index in [4.69, 9.17) is 10.5 Å². The Balaban J connectivity index is 2.91. The van der Waals surface area contributed by atoms with Gasteiger partial charge in [-0.2, -0.15) is 0 Å². The lowest BCUT2D eigenvalue weighted by molar-refractivity contribution is 0.210. The normalized spacial score (nSPS) is 12.4. The third-order valence-corrected chi connectivity index (χ3v) is 3.55. The fraction of sp³-hybridized carbons (Fsp3) is 0.562. The first kappa shape index (κ1) is 16.5. The van der Waals surface area contributed by atoms with Crippen LogP contribution in [0.15, 0.2) is 18.2 Å². The number of unbranched alkanes of at least 4 members (excludes halogenated alkanes) is 1. The molecule has 1 aromatic rings. The first-order valence-electron chi connectivity index (χ1n) is 7.19. The molecule has 2 N–H and O–H groups in total. The number of benzene rings is 1. The summed E-state index contributed by atoms with van der Waals surface area (Å²) < 4.78 is 5.08. The molecule has 1 aromatic carbocycles. The van der Waals surface area contributed by atoms with Gasteiger partial charge in [-0.3, -0.25) is 0 Å². The fourth-order valence-electron chi connectivity index (χ4n) is 2.05. The molecular formula is C16H26N2O2. The van der Waals surface area contributed by atoms with Gasteiger partial charge in [0.2, 0.25) is 0 Å². The zero-order valence-corrected chi connectivity index (χ0v) is 13.0. The van der Waals surface area contributed by atoms with Crippen molar-refractivity contribution in [3.05, 3.63) is 29.3 Å². The third-order valence-electron chi connectivity index (χ3n) is 3.55. The van der Waals surface area contributed by atoms with E-state index in [2.05, 4.69) is 38.9 Å². The Morgan fingerprint density at radius 2 is 2.10 bits per heavy atom. The number of carbonyl (C=O) groups excluding carboxylic acids is 1. The predicted molar refractivity (Wildman–Crippen MR) is 82.1 cm³/mol. The molecule has 0 aliphatic carbocycles. The Labute approximate surface area is 121 Å². The van der Waals surface area contributed by atoms with Gasteiger partial charge in [0.05, 0.1) is 0 Å². The summed E-state index contributed by atoms with van der Waals surface area (Å²) in [5.41, 5.74) is 7.44. The topological polar surface area (TPSA) is 55.6 Å². The van der Waals surface area contributed by atoms with Crippen molar-refractivity contribution >= 4 is 6.09 Å². The van der Waals surface area contributed by atoms with Gasteiger partial charge in [0.1, 0.15) is 5.75 Å². The minimum atomic E-state index is -0.753. The number of hydrogen-bond donors (Lipinski definition) is 1. The second kappa shape index (κ2) is 7.90. The maximum Gasteiger partial charge on any atom is 0.409 e. The Bertz CT molecular complexity index is 444. The summed E-state index contributed by atoms with van der Waals surface area (Å²) in [4.78, 5) is 13.1. The molecule has 4 nitrogen and oxygen atoms in total. The second-order valence-electron chi connectivity index (χ2n) is 5.48. The van der Waals surface area contributed by atoms with E-state index < -0.39 is 6.09 Å². The number of carbonyl (C=O) groups is 1. The zero-order chi connectivity index (χ0) is 15.1. The molecule has 0 fully saturated rings. The molecule has 0 aliphatic rings. The number of hydrogen-bond acceptors (Lipinski definition) is 3. The Kier molecular flexibility index (Phi) is 6.52. The molecule has 1 atom stereocenters. The van der Waals surface area contributed by atoms with Crippen LogP contribution in [0.2, 0.25) is 0 Å². The van der Waals surface area contributed by atoms with Crippen LogP contribution in [-0.2, 0) is 12.8 Å². The van der Waals surface area contributed by atoms with Crippen LogP contribution in [0, 0.1) is 0 Å². The lowest BCUT2D eigenvalue weighted by atomic mass is 10.00. The molecule has 0 spiro atoms. The van der Waals surface area contributed by atoms with Gasteiger partial charge in [-0.25, -0.2) is 4.79 Å². The van der Waals surface area contributed by atoms with E-state index >= 15 is 0 Å². The van der Waals surface area contributed by atoms with Crippen molar-refractivity contribution in [2.75, 3.05) is 14.1 Å². The van der Waals surface area contributed by atoms with Gasteiger partial charge in [0.15, 0.2) is 0 Å². The van der Waals surface area contributed by atoms with Crippen molar-refractivity contribution < 1.29 is 9.53 Å². The zero-order valence-electron chi connectivity index (χ0n) is 13.0. The van der Waals surface area contributed by atoms with Gasteiger partial charge in [-0.1, -0.05) is 25.5 Å². The summed E-state index contributed by atoms with van der Waals surface area (Å²) in [7, 11) is 4.15. The summed E-state index contributed by atoms with van der Waals surface area (Å²) in [5, 5.41) is 0. The minimum absolute atomic E-state index is 0.469. The van der Waals surface area contributed by atoms with E-state index in [1.165, 1.54) is 5.56 Å². The summed E-state index contributed by atoms with van der Waals surface area (Å²) in [6.45, 7) is 4.34. The molecule has 1 amide bonds. The molecule has 112 valence electrons. The maximum absolute atomic E-state index is 10.9. The van der Waals surface area contributed by atoms with Crippen molar-refractivity contribution in [3.8, 4) is 5.75 Å². The van der Waals surface area contributed by atoms with Crippen LogP contribution in [0.5, 0.6) is 5.75 Å². The Morgan fingerprint density at radius 1 is 1.40 bits per heavy atom. The molecule has 1 rings (SSSR count). The SMILES string of the molecule is CCCCc1cc(CC(C)N(C)C)ccc1OC(N)=O. The van der Waals surface area contributed by atoms with Gasteiger partial charge >= 0.3 is 6.09 Å². The number of nitrogens with zero attached hydrogens (tertiary/aromatic N) is 1. The molecule has 0 radical (unpaired) electrons. The van der Waals surface area contributed by atoms with E-state index in [0.717, 1.165) is 31.2 Å². The number of rotatable bonds is 7. The van der Waals surface area contributed by atoms with Gasteiger partial charge in [0.25, 0.3) is 0 Å². The monoisotopic (exact) mass is 278 g/mol. The van der Waals surface area contributed by atoms with Crippen LogP contribution in [-0.4, -0.2) is 31.1 Å². The first-order chi connectivity index (χ1) is 9.43. The number of ether oxygens (including phenoxy) is 1. The summed E-state index contributed by atoms with van der Waals surface area (Å²) in [5.74, 6) is 0.590. The smallest absolute Gasteiger partial charge is 0.409 e. The van der Waals surface area contributed by atoms with Crippen molar-refractivity contribution in [1.82, 2.24) is 4.90 Å². The number of nitrogens with two attached hydrogens (primary N) is 1. The molecule has 0 saturated heterocycles. The highest BCUT2D eigenvalue weighted by molar-refractivity contribution is 5.68. The van der Waals surface area contributed by atoms with Crippen LogP contribution in [0.1, 0.15) is 37.8 Å². The number of likely N-dealkylation sites (N-methyl/N-ethyl adjacent to an activating group) is 1. The molecule has 20 heavy (non-hydrogen) atoms. The molecular weight excluding hydrogens is 252 g/mol. The van der Waals surface area contributed by atoms with Crippen LogP contribution in [0.25, 0.3) is 0 Å². The van der Waals surface area contributed by atoms with Crippen LogP contribution < -0.4 is 10.5 Å². The number of primary amides is 1. The molecule has 0 saturated carbocycles. The number of aryl methyl sites for hydroxylation is 1. The van der Waals surface area contributed by atoms with Crippen LogP contribution >= 0.6 is 0 Å². The lowest BCUT2D eigenvalue weighted by Crippen LogP contribution is -2.26. The van der Waals surface area contributed by atoms with Crippen LogP contribution in [0.4, 0.5) is 4.79 Å². The third kappa shape index (κ3) is 5.21. The highest BCUT2D eigenvalue weighted by Crippen LogP contribution is 2.23. The molecule has 4 heteroatoms. The number of amides is 1.